The third-order valence-corrected chi connectivity index (χ3v) is 4.88. The van der Waals surface area contributed by atoms with Crippen molar-refractivity contribution in [2.75, 3.05) is 50.8 Å². The molecule has 1 amide bonds. The molecule has 0 bridgehead atoms. The number of nitrogens with one attached hydrogen (secondary N) is 1. The van der Waals surface area contributed by atoms with Crippen LogP contribution in [0.1, 0.15) is 30.1 Å². The zero-order valence-electron chi connectivity index (χ0n) is 14.3. The second-order valence-corrected chi connectivity index (χ2v) is 6.43. The number of ether oxygens (including phenoxy) is 1. The molecule has 0 spiro atoms. The molecule has 0 radical (unpaired) electrons. The Morgan fingerprint density at radius 2 is 2.12 bits per heavy atom. The Balaban J connectivity index is 1.58. The van der Waals surface area contributed by atoms with E-state index in [2.05, 4.69) is 22.0 Å². The third-order valence-electron chi connectivity index (χ3n) is 4.88. The number of rotatable bonds is 5. The topological polar surface area (TPSA) is 44.8 Å². The van der Waals surface area contributed by atoms with E-state index in [9.17, 15) is 9.18 Å². The molecule has 1 atom stereocenters. The second kappa shape index (κ2) is 7.94. The summed E-state index contributed by atoms with van der Waals surface area (Å²) >= 11 is 0. The zero-order chi connectivity index (χ0) is 16.9. The van der Waals surface area contributed by atoms with E-state index in [-0.39, 0.29) is 17.8 Å². The summed E-state index contributed by atoms with van der Waals surface area (Å²) < 4.78 is 19.9. The molecule has 1 aromatic carbocycles. The van der Waals surface area contributed by atoms with Crippen molar-refractivity contribution in [3.05, 3.63) is 29.6 Å². The fourth-order valence-electron chi connectivity index (χ4n) is 3.32. The van der Waals surface area contributed by atoms with Crippen molar-refractivity contribution in [3.8, 4) is 0 Å². The van der Waals surface area contributed by atoms with E-state index < -0.39 is 0 Å². The smallest absolute Gasteiger partial charge is 0.251 e. The summed E-state index contributed by atoms with van der Waals surface area (Å²) in [6.45, 7) is 7.93. The van der Waals surface area contributed by atoms with E-state index in [1.54, 1.807) is 12.1 Å². The lowest BCUT2D eigenvalue weighted by Crippen LogP contribution is -2.46. The van der Waals surface area contributed by atoms with Gasteiger partial charge in [-0.15, -0.1) is 0 Å². The maximum Gasteiger partial charge on any atom is 0.251 e. The highest BCUT2D eigenvalue weighted by Crippen LogP contribution is 2.22. The van der Waals surface area contributed by atoms with Crippen molar-refractivity contribution in [2.45, 2.75) is 25.9 Å². The van der Waals surface area contributed by atoms with Crippen molar-refractivity contribution >= 4 is 11.6 Å². The summed E-state index contributed by atoms with van der Waals surface area (Å²) in [6.07, 6.45) is 2.10. The van der Waals surface area contributed by atoms with Crippen LogP contribution in [0.25, 0.3) is 0 Å². The Kier molecular flexibility index (Phi) is 5.68. The molecule has 3 rings (SSSR count). The lowest BCUT2D eigenvalue weighted by molar-refractivity contribution is 0.0857. The van der Waals surface area contributed by atoms with E-state index in [1.165, 1.54) is 6.07 Å². The van der Waals surface area contributed by atoms with Gasteiger partial charge >= 0.3 is 0 Å². The Bertz CT molecular complexity index is 567. The maximum atomic E-state index is 14.5. The summed E-state index contributed by atoms with van der Waals surface area (Å²) in [5, 5.41) is 2.83. The first-order valence-electron chi connectivity index (χ1n) is 8.84. The van der Waals surface area contributed by atoms with E-state index >= 15 is 0 Å². The third kappa shape index (κ3) is 4.05. The van der Waals surface area contributed by atoms with Gasteiger partial charge in [0, 0.05) is 44.9 Å². The molecule has 1 aromatic rings. The summed E-state index contributed by atoms with van der Waals surface area (Å²) in [5.41, 5.74) is 0.947. The second-order valence-electron chi connectivity index (χ2n) is 6.43. The molecule has 24 heavy (non-hydrogen) atoms. The largest absolute Gasteiger partial charge is 0.376 e. The molecule has 132 valence electrons. The van der Waals surface area contributed by atoms with Gasteiger partial charge in [0.15, 0.2) is 0 Å². The fourth-order valence-corrected chi connectivity index (χ4v) is 3.32. The van der Waals surface area contributed by atoms with Crippen molar-refractivity contribution in [3.63, 3.8) is 0 Å². The molecule has 0 aromatic heterocycles. The molecular weight excluding hydrogens is 309 g/mol. The number of carbonyl (C=O) groups excluding carboxylic acids is 1. The Morgan fingerprint density at radius 3 is 2.75 bits per heavy atom. The van der Waals surface area contributed by atoms with Gasteiger partial charge in [-0.3, -0.25) is 4.79 Å². The van der Waals surface area contributed by atoms with Gasteiger partial charge in [-0.1, -0.05) is 6.92 Å². The van der Waals surface area contributed by atoms with Gasteiger partial charge in [0.1, 0.15) is 5.82 Å². The molecule has 2 fully saturated rings. The van der Waals surface area contributed by atoms with Crippen LogP contribution in [-0.2, 0) is 4.74 Å². The van der Waals surface area contributed by atoms with E-state index in [1.807, 2.05) is 0 Å². The number of hydrogen-bond acceptors (Lipinski definition) is 4. The van der Waals surface area contributed by atoms with Crippen molar-refractivity contribution in [1.82, 2.24) is 10.2 Å². The van der Waals surface area contributed by atoms with Crippen LogP contribution >= 0.6 is 0 Å². The van der Waals surface area contributed by atoms with E-state index in [4.69, 9.17) is 4.74 Å². The number of likely N-dealkylation sites (N-methyl/N-ethyl adjacent to an activating group) is 1. The number of halogens is 1. The molecule has 0 saturated carbocycles. The molecule has 6 heteroatoms. The lowest BCUT2D eigenvalue weighted by atomic mass is 10.1. The van der Waals surface area contributed by atoms with Gasteiger partial charge in [0.2, 0.25) is 0 Å². The minimum absolute atomic E-state index is 0.0907. The molecule has 5 nitrogen and oxygen atoms in total. The monoisotopic (exact) mass is 335 g/mol. The number of benzene rings is 1. The number of anilines is 1. The normalized spacial score (nSPS) is 21.9. The summed E-state index contributed by atoms with van der Waals surface area (Å²) in [7, 11) is 0. The van der Waals surface area contributed by atoms with Gasteiger partial charge in [0.05, 0.1) is 11.8 Å². The Morgan fingerprint density at radius 1 is 1.33 bits per heavy atom. The highest BCUT2D eigenvalue weighted by molar-refractivity contribution is 5.94. The van der Waals surface area contributed by atoms with Gasteiger partial charge in [-0.2, -0.15) is 0 Å². The number of amides is 1. The SMILES string of the molecule is CCN1CCN(c2ccc(C(=O)NC[C@H]3CCCO3)cc2F)CC1. The average Bonchev–Trinajstić information content (AvgIpc) is 3.13. The van der Waals surface area contributed by atoms with Crippen LogP contribution in [0.5, 0.6) is 0 Å². The quantitative estimate of drug-likeness (QED) is 0.892. The highest BCUT2D eigenvalue weighted by Gasteiger charge is 2.20. The molecule has 0 unspecified atom stereocenters. The summed E-state index contributed by atoms with van der Waals surface area (Å²) in [5.74, 6) is -0.573. The van der Waals surface area contributed by atoms with Crippen molar-refractivity contribution < 1.29 is 13.9 Å². The van der Waals surface area contributed by atoms with Crippen LogP contribution in [0.3, 0.4) is 0 Å². The number of hydrogen-bond donors (Lipinski definition) is 1. The number of carbonyl (C=O) groups is 1. The molecule has 2 aliphatic rings. The van der Waals surface area contributed by atoms with E-state index in [0.29, 0.717) is 17.8 Å². The van der Waals surface area contributed by atoms with Crippen LogP contribution in [0, 0.1) is 5.82 Å². The van der Waals surface area contributed by atoms with Crippen LogP contribution in [-0.4, -0.2) is 62.8 Å². The predicted octanol–water partition coefficient (Wildman–Crippen LogP) is 1.88. The molecule has 2 aliphatic heterocycles. The zero-order valence-corrected chi connectivity index (χ0v) is 14.3. The van der Waals surface area contributed by atoms with Gasteiger partial charge in [-0.25, -0.2) is 4.39 Å². The molecule has 2 heterocycles. The maximum absolute atomic E-state index is 14.5. The summed E-state index contributed by atoms with van der Waals surface area (Å²) in [6, 6.07) is 4.76. The minimum Gasteiger partial charge on any atom is -0.376 e. The molecular formula is C18H26FN3O2. The summed E-state index contributed by atoms with van der Waals surface area (Å²) in [4.78, 5) is 16.6. The van der Waals surface area contributed by atoms with Crippen LogP contribution in [0.15, 0.2) is 18.2 Å². The van der Waals surface area contributed by atoms with E-state index in [0.717, 1.165) is 52.2 Å². The first-order chi connectivity index (χ1) is 11.7. The van der Waals surface area contributed by atoms with Crippen LogP contribution < -0.4 is 10.2 Å². The standard InChI is InChI=1S/C18H26FN3O2/c1-2-21-7-9-22(10-8-21)17-6-5-14(12-16(17)19)18(23)20-13-15-4-3-11-24-15/h5-6,12,15H,2-4,7-11,13H2,1H3,(H,20,23)/t15-/m1/s1. The van der Waals surface area contributed by atoms with Gasteiger partial charge in [0.25, 0.3) is 5.91 Å². The highest BCUT2D eigenvalue weighted by atomic mass is 19.1. The number of nitrogens with zero attached hydrogens (tertiary/aromatic N) is 2. The van der Waals surface area contributed by atoms with Crippen molar-refractivity contribution in [1.29, 1.82) is 0 Å². The fraction of sp³-hybridized carbons (Fsp3) is 0.611. The van der Waals surface area contributed by atoms with Crippen LogP contribution in [0.2, 0.25) is 0 Å². The Hall–Kier alpha value is -1.66. The first-order valence-corrected chi connectivity index (χ1v) is 8.84. The Labute approximate surface area is 142 Å². The first kappa shape index (κ1) is 17.2. The lowest BCUT2D eigenvalue weighted by Gasteiger charge is -2.35. The van der Waals surface area contributed by atoms with Crippen LogP contribution in [0.4, 0.5) is 10.1 Å². The van der Waals surface area contributed by atoms with Gasteiger partial charge in [-0.05, 0) is 37.6 Å². The van der Waals surface area contributed by atoms with Crippen molar-refractivity contribution in [2.24, 2.45) is 0 Å². The average molecular weight is 335 g/mol. The molecule has 0 aliphatic carbocycles. The van der Waals surface area contributed by atoms with Gasteiger partial charge < -0.3 is 19.9 Å². The minimum atomic E-state index is -0.329. The molecule has 2 saturated heterocycles. The number of piperazine rings is 1. The molecule has 1 N–H and O–H groups in total. The predicted molar refractivity (Wildman–Crippen MR) is 92.0 cm³/mol.